The molecule has 0 aliphatic carbocycles. The Morgan fingerprint density at radius 2 is 1.45 bits per heavy atom. The van der Waals surface area contributed by atoms with Crippen molar-refractivity contribution in [2.24, 2.45) is 0 Å². The second-order valence-electron chi connectivity index (χ2n) is 9.85. The maximum Gasteiger partial charge on any atom is 0.296 e. The highest BCUT2D eigenvalue weighted by molar-refractivity contribution is 6.03. The summed E-state index contributed by atoms with van der Waals surface area (Å²) in [6.07, 6.45) is 7.51. The molecule has 2 aliphatic heterocycles. The summed E-state index contributed by atoms with van der Waals surface area (Å²) in [7, 11) is 0. The van der Waals surface area contributed by atoms with Gasteiger partial charge >= 0.3 is 0 Å². The number of nitrogens with zero attached hydrogens (tertiary/aromatic N) is 2. The third-order valence-electron chi connectivity index (χ3n) is 6.92. The van der Waals surface area contributed by atoms with Gasteiger partial charge in [0.25, 0.3) is 6.30 Å². The van der Waals surface area contributed by atoms with Crippen LogP contribution in [-0.4, -0.2) is 22.9 Å². The van der Waals surface area contributed by atoms with Crippen LogP contribution in [0.15, 0.2) is 84.6 Å². The van der Waals surface area contributed by atoms with Gasteiger partial charge in [0.15, 0.2) is 12.0 Å². The number of alkyl halides is 2. The van der Waals surface area contributed by atoms with Gasteiger partial charge in [0.05, 0.1) is 5.41 Å². The molecule has 0 fully saturated rings. The third-order valence-corrected chi connectivity index (χ3v) is 6.92. The first-order valence-corrected chi connectivity index (χ1v) is 11.6. The smallest absolute Gasteiger partial charge is 0.296 e. The lowest BCUT2D eigenvalue weighted by molar-refractivity contribution is -0.510. The van der Waals surface area contributed by atoms with Crippen molar-refractivity contribution in [2.45, 2.75) is 65.0 Å². The van der Waals surface area contributed by atoms with Crippen LogP contribution < -0.4 is 4.90 Å². The molecule has 0 amide bonds. The van der Waals surface area contributed by atoms with E-state index in [-0.39, 0.29) is 10.8 Å². The van der Waals surface area contributed by atoms with Gasteiger partial charge in [0.1, 0.15) is 0 Å². The van der Waals surface area contributed by atoms with Crippen LogP contribution in [0.1, 0.15) is 52.7 Å². The summed E-state index contributed by atoms with van der Waals surface area (Å²) in [5, 5.41) is 0. The molecular weight excluding hydrogens is 414 g/mol. The zero-order valence-corrected chi connectivity index (χ0v) is 20.3. The van der Waals surface area contributed by atoms with Crippen LogP contribution in [-0.2, 0) is 10.8 Å². The van der Waals surface area contributed by atoms with Gasteiger partial charge in [0.2, 0.25) is 5.69 Å². The van der Waals surface area contributed by atoms with Gasteiger partial charge in [0, 0.05) is 41.4 Å². The van der Waals surface area contributed by atoms with Crippen LogP contribution >= 0.6 is 0 Å². The number of hydrogen-bond donors (Lipinski definition) is 0. The maximum atomic E-state index is 14.6. The van der Waals surface area contributed by atoms with E-state index >= 15 is 0 Å². The fourth-order valence-corrected chi connectivity index (χ4v) is 5.26. The van der Waals surface area contributed by atoms with Gasteiger partial charge in [-0.15, -0.1) is 0 Å². The lowest BCUT2D eigenvalue weighted by Gasteiger charge is -2.27. The molecule has 2 nitrogen and oxygen atoms in total. The zero-order valence-electron chi connectivity index (χ0n) is 20.3. The van der Waals surface area contributed by atoms with Gasteiger partial charge in [-0.2, -0.15) is 8.97 Å². The van der Waals surface area contributed by atoms with Crippen molar-refractivity contribution in [3.05, 3.63) is 95.7 Å². The van der Waals surface area contributed by atoms with Crippen LogP contribution in [0.25, 0.3) is 0 Å². The SMILES string of the molecule is CC(F)N1/C(=C/C=C/C=C/C2=[N+](C(C)F)c3ccccc3C2(C)C)C(C)(C)c2ccccc21. The number of anilines is 1. The second-order valence-corrected chi connectivity index (χ2v) is 9.85. The molecule has 0 radical (unpaired) electrons. The standard InChI is InChI=1S/C29H33F2N2/c1-20(30)32-24-16-12-10-14-22(24)28(3,4)26(32)18-8-7-9-19-27-29(5,6)23-15-11-13-17-25(23)33(27)21(2)31/h7-21H,1-6H3/q+1. The number of halogens is 2. The number of allylic oxidation sites excluding steroid dienone is 6. The Balaban J connectivity index is 1.65. The minimum atomic E-state index is -1.13. The van der Waals surface area contributed by atoms with Gasteiger partial charge in [-0.3, -0.25) is 0 Å². The van der Waals surface area contributed by atoms with E-state index in [0.29, 0.717) is 0 Å². The molecule has 2 heterocycles. The van der Waals surface area contributed by atoms with Crippen molar-refractivity contribution in [2.75, 3.05) is 4.90 Å². The fraction of sp³-hybridized carbons (Fsp3) is 0.345. The maximum absolute atomic E-state index is 14.6. The number of fused-ring (bicyclic) bond motifs is 2. The van der Waals surface area contributed by atoms with Gasteiger partial charge < -0.3 is 4.90 Å². The summed E-state index contributed by atoms with van der Waals surface area (Å²) >= 11 is 0. The molecule has 2 aromatic rings. The summed E-state index contributed by atoms with van der Waals surface area (Å²) < 4.78 is 31.0. The van der Waals surface area contributed by atoms with Crippen molar-refractivity contribution in [3.63, 3.8) is 0 Å². The van der Waals surface area contributed by atoms with E-state index < -0.39 is 12.6 Å². The van der Waals surface area contributed by atoms with E-state index in [4.69, 9.17) is 0 Å². The normalized spacial score (nSPS) is 21.8. The van der Waals surface area contributed by atoms with Crippen molar-refractivity contribution in [3.8, 4) is 0 Å². The number of hydrogen-bond acceptors (Lipinski definition) is 1. The molecule has 33 heavy (non-hydrogen) atoms. The highest BCUT2D eigenvalue weighted by Gasteiger charge is 2.46. The van der Waals surface area contributed by atoms with Crippen LogP contribution in [0, 0.1) is 0 Å². The molecule has 2 atom stereocenters. The molecule has 0 saturated carbocycles. The van der Waals surface area contributed by atoms with E-state index in [0.717, 1.165) is 33.9 Å². The first kappa shape index (κ1) is 23.2. The molecule has 4 heteroatoms. The minimum Gasteiger partial charge on any atom is -0.314 e. The van der Waals surface area contributed by atoms with Crippen molar-refractivity contribution in [1.82, 2.24) is 0 Å². The predicted octanol–water partition coefficient (Wildman–Crippen LogP) is 7.49. The molecule has 0 bridgehead atoms. The Hall–Kier alpha value is -3.01. The molecule has 2 unspecified atom stereocenters. The minimum absolute atomic E-state index is 0.296. The fourth-order valence-electron chi connectivity index (χ4n) is 5.26. The summed E-state index contributed by atoms with van der Waals surface area (Å²) in [5.41, 5.74) is 5.33. The van der Waals surface area contributed by atoms with E-state index in [2.05, 4.69) is 39.8 Å². The van der Waals surface area contributed by atoms with Crippen LogP contribution in [0.5, 0.6) is 0 Å². The van der Waals surface area contributed by atoms with Crippen LogP contribution in [0.3, 0.4) is 0 Å². The summed E-state index contributed by atoms with van der Waals surface area (Å²) in [4.78, 5) is 1.77. The molecule has 2 aliphatic rings. The lowest BCUT2D eigenvalue weighted by atomic mass is 9.81. The highest BCUT2D eigenvalue weighted by Crippen LogP contribution is 2.48. The van der Waals surface area contributed by atoms with E-state index in [1.54, 1.807) is 23.3 Å². The quantitative estimate of drug-likeness (QED) is 0.261. The lowest BCUT2D eigenvalue weighted by Crippen LogP contribution is -2.30. The average Bonchev–Trinajstić information content (AvgIpc) is 3.13. The topological polar surface area (TPSA) is 6.25 Å². The van der Waals surface area contributed by atoms with Crippen molar-refractivity contribution in [1.29, 1.82) is 0 Å². The Morgan fingerprint density at radius 3 is 2.12 bits per heavy atom. The molecule has 0 spiro atoms. The summed E-state index contributed by atoms with van der Waals surface area (Å²) in [5.74, 6) is 0. The molecule has 0 saturated heterocycles. The Labute approximate surface area is 196 Å². The third kappa shape index (κ3) is 3.76. The van der Waals surface area contributed by atoms with Gasteiger partial charge in [-0.25, -0.2) is 4.39 Å². The molecule has 172 valence electrons. The van der Waals surface area contributed by atoms with Gasteiger partial charge in [-0.05, 0) is 38.5 Å². The van der Waals surface area contributed by atoms with E-state index in [1.165, 1.54) is 0 Å². The highest BCUT2D eigenvalue weighted by atomic mass is 19.1. The molecule has 2 aromatic carbocycles. The van der Waals surface area contributed by atoms with Crippen molar-refractivity contribution >= 4 is 17.1 Å². The number of rotatable bonds is 5. The zero-order chi connectivity index (χ0) is 24.0. The molecular formula is C29H33F2N2+. The Bertz CT molecular complexity index is 1180. The number of para-hydroxylation sites is 2. The first-order valence-electron chi connectivity index (χ1n) is 11.6. The Morgan fingerprint density at radius 1 is 0.818 bits per heavy atom. The average molecular weight is 448 g/mol. The predicted molar refractivity (Wildman–Crippen MR) is 134 cm³/mol. The number of benzene rings is 2. The van der Waals surface area contributed by atoms with Gasteiger partial charge in [-0.1, -0.05) is 68.5 Å². The van der Waals surface area contributed by atoms with Crippen LogP contribution in [0.4, 0.5) is 20.2 Å². The largest absolute Gasteiger partial charge is 0.314 e. The molecule has 0 N–H and O–H groups in total. The van der Waals surface area contributed by atoms with Crippen molar-refractivity contribution < 1.29 is 13.4 Å². The summed E-state index contributed by atoms with van der Waals surface area (Å²) in [6.45, 7) is 11.6. The summed E-state index contributed by atoms with van der Waals surface area (Å²) in [6, 6.07) is 16.0. The van der Waals surface area contributed by atoms with E-state index in [1.807, 2.05) is 66.8 Å². The van der Waals surface area contributed by atoms with E-state index in [9.17, 15) is 8.78 Å². The molecule has 4 rings (SSSR count). The Kier molecular flexibility index (Phi) is 5.90. The first-order chi connectivity index (χ1) is 15.6. The molecule has 0 aromatic heterocycles. The second kappa shape index (κ2) is 8.40. The monoisotopic (exact) mass is 447 g/mol. The van der Waals surface area contributed by atoms with Crippen LogP contribution in [0.2, 0.25) is 0 Å².